The number of hydrogen-bond acceptors (Lipinski definition) is 5. The number of methoxy groups -OCH3 is 1. The molecule has 2 aromatic rings. The summed E-state index contributed by atoms with van der Waals surface area (Å²) in [5.74, 6) is -0.654. The second-order valence-corrected chi connectivity index (χ2v) is 8.95. The maximum absolute atomic E-state index is 12.9. The van der Waals surface area contributed by atoms with Gasteiger partial charge in [0.2, 0.25) is 10.0 Å². The number of nitrogens with zero attached hydrogens (tertiary/aromatic N) is 2. The zero-order valence-electron chi connectivity index (χ0n) is 16.7. The molecule has 0 aliphatic carbocycles. The number of carbonyl (C=O) groups is 2. The molecule has 0 aromatic heterocycles. The van der Waals surface area contributed by atoms with Crippen LogP contribution in [0.3, 0.4) is 0 Å². The Hall–Kier alpha value is -2.71. The molecule has 0 bridgehead atoms. The van der Waals surface area contributed by atoms with Crippen molar-refractivity contribution in [3.63, 3.8) is 0 Å². The van der Waals surface area contributed by atoms with Crippen LogP contribution >= 0.6 is 0 Å². The Bertz CT molecular complexity index is 1020. The zero-order valence-corrected chi connectivity index (χ0v) is 17.5. The number of benzene rings is 2. The lowest BCUT2D eigenvalue weighted by Crippen LogP contribution is -2.50. The lowest BCUT2D eigenvalue weighted by Gasteiger charge is -2.34. The van der Waals surface area contributed by atoms with Gasteiger partial charge < -0.3 is 9.64 Å². The molecule has 0 unspecified atom stereocenters. The fraction of sp³-hybridized carbons (Fsp3) is 0.333. The topological polar surface area (TPSA) is 84.0 Å². The number of sulfonamides is 1. The van der Waals surface area contributed by atoms with Crippen molar-refractivity contribution in [2.45, 2.75) is 18.7 Å². The monoisotopic (exact) mass is 416 g/mol. The second-order valence-electron chi connectivity index (χ2n) is 7.01. The Morgan fingerprint density at radius 2 is 1.45 bits per heavy atom. The molecule has 1 amide bonds. The molecule has 154 valence electrons. The minimum atomic E-state index is -3.59. The van der Waals surface area contributed by atoms with Gasteiger partial charge in [-0.1, -0.05) is 6.07 Å². The summed E-state index contributed by atoms with van der Waals surface area (Å²) >= 11 is 0. The highest BCUT2D eigenvalue weighted by atomic mass is 32.2. The van der Waals surface area contributed by atoms with Gasteiger partial charge in [-0.2, -0.15) is 4.31 Å². The van der Waals surface area contributed by atoms with Crippen LogP contribution in [0.1, 0.15) is 31.8 Å². The lowest BCUT2D eigenvalue weighted by atomic mass is 10.1. The van der Waals surface area contributed by atoms with Crippen molar-refractivity contribution in [2.75, 3.05) is 33.3 Å². The molecule has 1 fully saturated rings. The van der Waals surface area contributed by atoms with E-state index in [1.54, 1.807) is 47.4 Å². The van der Waals surface area contributed by atoms with Crippen LogP contribution < -0.4 is 0 Å². The number of esters is 1. The summed E-state index contributed by atoms with van der Waals surface area (Å²) in [4.78, 5) is 26.1. The lowest BCUT2D eigenvalue weighted by molar-refractivity contribution is 0.0599. The third kappa shape index (κ3) is 4.33. The predicted octanol–water partition coefficient (Wildman–Crippen LogP) is 2.24. The molecule has 0 spiro atoms. The molecule has 0 saturated carbocycles. The highest BCUT2D eigenvalue weighted by Gasteiger charge is 2.30. The van der Waals surface area contributed by atoms with Crippen LogP contribution in [0.15, 0.2) is 47.4 Å². The average molecular weight is 416 g/mol. The molecule has 7 nitrogen and oxygen atoms in total. The Labute approximate surface area is 170 Å². The van der Waals surface area contributed by atoms with E-state index in [2.05, 4.69) is 4.74 Å². The van der Waals surface area contributed by atoms with Crippen LogP contribution in [0.5, 0.6) is 0 Å². The van der Waals surface area contributed by atoms with Gasteiger partial charge in [-0.3, -0.25) is 4.79 Å². The summed E-state index contributed by atoms with van der Waals surface area (Å²) in [5, 5.41) is 0. The van der Waals surface area contributed by atoms with Crippen LogP contribution in [0.2, 0.25) is 0 Å². The van der Waals surface area contributed by atoms with Gasteiger partial charge in [0.25, 0.3) is 5.91 Å². The first-order valence-electron chi connectivity index (χ1n) is 9.29. The molecule has 3 rings (SSSR count). The molecule has 2 aromatic carbocycles. The van der Waals surface area contributed by atoms with E-state index in [4.69, 9.17) is 0 Å². The van der Waals surface area contributed by atoms with E-state index in [1.165, 1.54) is 11.4 Å². The zero-order chi connectivity index (χ0) is 21.2. The van der Waals surface area contributed by atoms with Crippen LogP contribution in [0, 0.1) is 13.8 Å². The fourth-order valence-corrected chi connectivity index (χ4v) is 4.71. The highest BCUT2D eigenvalue weighted by molar-refractivity contribution is 7.89. The molecule has 1 aliphatic heterocycles. The second kappa shape index (κ2) is 8.34. The first kappa shape index (κ1) is 21.0. The van der Waals surface area contributed by atoms with E-state index >= 15 is 0 Å². The summed E-state index contributed by atoms with van der Waals surface area (Å²) in [6.07, 6.45) is 0. The molecule has 1 saturated heterocycles. The standard InChI is InChI=1S/C21H24N2O5S/c1-15-4-9-19(14-16(15)2)29(26,27)23-12-10-22(11-13-23)20(24)17-5-7-18(8-6-17)21(25)28-3/h4-9,14H,10-13H2,1-3H3. The number of rotatable bonds is 4. The smallest absolute Gasteiger partial charge is 0.337 e. The molecular formula is C21H24N2O5S. The van der Waals surface area contributed by atoms with Gasteiger partial charge in [-0.25, -0.2) is 13.2 Å². The minimum absolute atomic E-state index is 0.190. The normalized spacial score (nSPS) is 15.2. The van der Waals surface area contributed by atoms with Gasteiger partial charge in [-0.15, -0.1) is 0 Å². The van der Waals surface area contributed by atoms with Gasteiger partial charge >= 0.3 is 5.97 Å². The summed E-state index contributed by atoms with van der Waals surface area (Å²) in [6.45, 7) is 4.91. The number of piperazine rings is 1. The van der Waals surface area contributed by atoms with Crippen LogP contribution in [-0.2, 0) is 14.8 Å². The van der Waals surface area contributed by atoms with Crippen molar-refractivity contribution in [3.05, 3.63) is 64.7 Å². The molecular weight excluding hydrogens is 392 g/mol. The average Bonchev–Trinajstić information content (AvgIpc) is 2.74. The van der Waals surface area contributed by atoms with Gasteiger partial charge in [0.05, 0.1) is 17.6 Å². The van der Waals surface area contributed by atoms with Crippen LogP contribution in [0.4, 0.5) is 0 Å². The Kier molecular flexibility index (Phi) is 6.04. The van der Waals surface area contributed by atoms with Gasteiger partial charge in [0.15, 0.2) is 0 Å². The van der Waals surface area contributed by atoms with Crippen molar-refractivity contribution in [3.8, 4) is 0 Å². The maximum atomic E-state index is 12.9. The molecule has 1 aliphatic rings. The summed E-state index contributed by atoms with van der Waals surface area (Å²) < 4.78 is 31.9. The summed E-state index contributed by atoms with van der Waals surface area (Å²) in [6, 6.07) is 11.3. The van der Waals surface area contributed by atoms with Crippen molar-refractivity contribution >= 4 is 21.9 Å². The van der Waals surface area contributed by atoms with E-state index in [9.17, 15) is 18.0 Å². The van der Waals surface area contributed by atoms with Crippen molar-refractivity contribution in [1.82, 2.24) is 9.21 Å². The van der Waals surface area contributed by atoms with E-state index in [-0.39, 0.29) is 23.9 Å². The van der Waals surface area contributed by atoms with Crippen LogP contribution in [0.25, 0.3) is 0 Å². The fourth-order valence-electron chi connectivity index (χ4n) is 3.20. The van der Waals surface area contributed by atoms with E-state index in [0.717, 1.165) is 11.1 Å². The van der Waals surface area contributed by atoms with Crippen LogP contribution in [-0.4, -0.2) is 62.8 Å². The number of carbonyl (C=O) groups excluding carboxylic acids is 2. The molecule has 29 heavy (non-hydrogen) atoms. The quantitative estimate of drug-likeness (QED) is 0.714. The first-order chi connectivity index (χ1) is 13.7. The van der Waals surface area contributed by atoms with Gasteiger partial charge in [-0.05, 0) is 61.4 Å². The Morgan fingerprint density at radius 1 is 0.862 bits per heavy atom. The first-order valence-corrected chi connectivity index (χ1v) is 10.7. The van der Waals surface area contributed by atoms with E-state index in [1.807, 2.05) is 13.8 Å². The van der Waals surface area contributed by atoms with Gasteiger partial charge in [0.1, 0.15) is 0 Å². The summed E-state index contributed by atoms with van der Waals surface area (Å²) in [5.41, 5.74) is 2.78. The van der Waals surface area contributed by atoms with Gasteiger partial charge in [0, 0.05) is 31.7 Å². The molecule has 8 heteroatoms. The Balaban J connectivity index is 1.67. The molecule has 0 N–H and O–H groups in total. The Morgan fingerprint density at radius 3 is 2.00 bits per heavy atom. The molecule has 0 radical (unpaired) electrons. The van der Waals surface area contributed by atoms with Crippen molar-refractivity contribution < 1.29 is 22.7 Å². The number of aryl methyl sites for hydroxylation is 2. The number of amides is 1. The minimum Gasteiger partial charge on any atom is -0.465 e. The summed E-state index contributed by atoms with van der Waals surface area (Å²) in [7, 11) is -2.29. The molecule has 1 heterocycles. The van der Waals surface area contributed by atoms with E-state index < -0.39 is 16.0 Å². The van der Waals surface area contributed by atoms with Crippen molar-refractivity contribution in [1.29, 1.82) is 0 Å². The number of ether oxygens (including phenoxy) is 1. The van der Waals surface area contributed by atoms with Crippen molar-refractivity contribution in [2.24, 2.45) is 0 Å². The third-order valence-corrected chi connectivity index (χ3v) is 7.09. The maximum Gasteiger partial charge on any atom is 0.337 e. The number of hydrogen-bond donors (Lipinski definition) is 0. The van der Waals surface area contributed by atoms with E-state index in [0.29, 0.717) is 24.2 Å². The largest absolute Gasteiger partial charge is 0.465 e. The molecule has 0 atom stereocenters. The highest BCUT2D eigenvalue weighted by Crippen LogP contribution is 2.21. The SMILES string of the molecule is COC(=O)c1ccc(C(=O)N2CCN(S(=O)(=O)c3ccc(C)c(C)c3)CC2)cc1. The third-order valence-electron chi connectivity index (χ3n) is 5.19. The predicted molar refractivity (Wildman–Crippen MR) is 108 cm³/mol.